The molecule has 0 bridgehead atoms. The van der Waals surface area contributed by atoms with Crippen molar-refractivity contribution in [2.75, 3.05) is 39.2 Å². The molecule has 1 aliphatic heterocycles. The van der Waals surface area contributed by atoms with Crippen LogP contribution in [0.4, 0.5) is 10.1 Å². The third kappa shape index (κ3) is 5.10. The zero-order valence-corrected chi connectivity index (χ0v) is 17.4. The fourth-order valence-electron chi connectivity index (χ4n) is 3.56. The first-order chi connectivity index (χ1) is 14.0. The molecule has 0 saturated carbocycles. The lowest BCUT2D eigenvalue weighted by atomic mass is 10.0. The Morgan fingerprint density at radius 3 is 2.59 bits per heavy atom. The number of halogens is 2. The van der Waals surface area contributed by atoms with Gasteiger partial charge < -0.3 is 20.5 Å². The third-order valence-electron chi connectivity index (χ3n) is 5.00. The van der Waals surface area contributed by atoms with E-state index in [9.17, 15) is 4.39 Å². The van der Waals surface area contributed by atoms with Gasteiger partial charge in [-0.2, -0.15) is 0 Å². The Balaban J connectivity index is 1.78. The molecular weight excluding hydrogens is 395 g/mol. The maximum absolute atomic E-state index is 14.5. The van der Waals surface area contributed by atoms with Gasteiger partial charge in [-0.1, -0.05) is 17.7 Å². The summed E-state index contributed by atoms with van der Waals surface area (Å²) in [6, 6.07) is 9.84. The van der Waals surface area contributed by atoms with Crippen molar-refractivity contribution in [3.8, 4) is 11.5 Å². The number of guanidine groups is 1. The molecule has 6 nitrogen and oxygen atoms in total. The van der Waals surface area contributed by atoms with Crippen molar-refractivity contribution in [2.45, 2.75) is 18.9 Å². The number of benzene rings is 2. The SMILES string of the molecule is COc1ccc(NC(N)=NCC(c2c(F)cccc2Cl)N2CCCC2)cc1OC. The van der Waals surface area contributed by atoms with E-state index in [1.54, 1.807) is 38.5 Å². The molecule has 1 aliphatic rings. The average Bonchev–Trinajstić information content (AvgIpc) is 3.24. The van der Waals surface area contributed by atoms with E-state index < -0.39 is 0 Å². The molecule has 8 heteroatoms. The Labute approximate surface area is 175 Å². The molecule has 156 valence electrons. The zero-order chi connectivity index (χ0) is 20.8. The number of ether oxygens (including phenoxy) is 2. The molecule has 2 aromatic rings. The van der Waals surface area contributed by atoms with E-state index >= 15 is 0 Å². The Bertz CT molecular complexity index is 852. The molecule has 2 aromatic carbocycles. The highest BCUT2D eigenvalue weighted by molar-refractivity contribution is 6.31. The number of nitrogens with zero attached hydrogens (tertiary/aromatic N) is 2. The number of hydrogen-bond acceptors (Lipinski definition) is 4. The number of rotatable bonds is 7. The van der Waals surface area contributed by atoms with Crippen LogP contribution < -0.4 is 20.5 Å². The minimum absolute atomic E-state index is 0.230. The largest absolute Gasteiger partial charge is 0.493 e. The molecule has 1 heterocycles. The molecule has 0 aliphatic carbocycles. The Hall–Kier alpha value is -2.51. The molecule has 0 spiro atoms. The monoisotopic (exact) mass is 420 g/mol. The summed E-state index contributed by atoms with van der Waals surface area (Å²) in [7, 11) is 3.14. The highest BCUT2D eigenvalue weighted by Crippen LogP contribution is 2.33. The molecule has 0 aromatic heterocycles. The van der Waals surface area contributed by atoms with Crippen molar-refractivity contribution >= 4 is 23.2 Å². The third-order valence-corrected chi connectivity index (χ3v) is 5.33. The minimum atomic E-state index is -0.323. The van der Waals surface area contributed by atoms with Crippen molar-refractivity contribution < 1.29 is 13.9 Å². The van der Waals surface area contributed by atoms with Gasteiger partial charge >= 0.3 is 0 Å². The first-order valence-electron chi connectivity index (χ1n) is 9.50. The summed E-state index contributed by atoms with van der Waals surface area (Å²) in [5.41, 5.74) is 7.28. The van der Waals surface area contributed by atoms with Crippen LogP contribution in [0.3, 0.4) is 0 Å². The van der Waals surface area contributed by atoms with Gasteiger partial charge in [-0.25, -0.2) is 4.39 Å². The maximum atomic E-state index is 14.5. The number of nitrogens with two attached hydrogens (primary N) is 1. The molecule has 3 N–H and O–H groups in total. The highest BCUT2D eigenvalue weighted by atomic mass is 35.5. The van der Waals surface area contributed by atoms with Crippen molar-refractivity contribution in [3.63, 3.8) is 0 Å². The van der Waals surface area contributed by atoms with Crippen LogP contribution in [0.25, 0.3) is 0 Å². The van der Waals surface area contributed by atoms with Gasteiger partial charge in [0, 0.05) is 22.3 Å². The van der Waals surface area contributed by atoms with Crippen molar-refractivity contribution in [3.05, 3.63) is 52.8 Å². The van der Waals surface area contributed by atoms with Gasteiger partial charge in [-0.05, 0) is 50.2 Å². The van der Waals surface area contributed by atoms with E-state index in [4.69, 9.17) is 26.8 Å². The lowest BCUT2D eigenvalue weighted by Crippen LogP contribution is -2.31. The molecule has 29 heavy (non-hydrogen) atoms. The van der Waals surface area contributed by atoms with E-state index in [1.807, 2.05) is 6.07 Å². The van der Waals surface area contributed by atoms with E-state index in [0.29, 0.717) is 34.3 Å². The summed E-state index contributed by atoms with van der Waals surface area (Å²) >= 11 is 6.32. The summed E-state index contributed by atoms with van der Waals surface area (Å²) in [5.74, 6) is 1.11. The second kappa shape index (κ2) is 9.80. The Kier molecular flexibility index (Phi) is 7.17. The quantitative estimate of drug-likeness (QED) is 0.522. The van der Waals surface area contributed by atoms with Gasteiger partial charge in [0.05, 0.1) is 26.8 Å². The van der Waals surface area contributed by atoms with Crippen LogP contribution in [0.15, 0.2) is 41.4 Å². The fourth-order valence-corrected chi connectivity index (χ4v) is 3.85. The van der Waals surface area contributed by atoms with Crippen LogP contribution in [-0.2, 0) is 0 Å². The average molecular weight is 421 g/mol. The van der Waals surface area contributed by atoms with Crippen LogP contribution >= 0.6 is 11.6 Å². The molecule has 1 fully saturated rings. The summed E-state index contributed by atoms with van der Waals surface area (Å²) in [6.45, 7) is 2.06. The van der Waals surface area contributed by atoms with Gasteiger partial charge in [0.2, 0.25) is 0 Å². The van der Waals surface area contributed by atoms with Crippen molar-refractivity contribution in [1.82, 2.24) is 4.90 Å². The molecule has 1 saturated heterocycles. The topological polar surface area (TPSA) is 72.1 Å². The number of nitrogens with one attached hydrogen (secondary N) is 1. The normalized spacial score (nSPS) is 15.9. The summed E-state index contributed by atoms with van der Waals surface area (Å²) in [6.07, 6.45) is 2.15. The molecule has 1 atom stereocenters. The summed E-state index contributed by atoms with van der Waals surface area (Å²) in [5, 5.41) is 3.45. The number of methoxy groups -OCH3 is 2. The summed E-state index contributed by atoms with van der Waals surface area (Å²) in [4.78, 5) is 6.67. The number of hydrogen-bond donors (Lipinski definition) is 2. The van der Waals surface area contributed by atoms with Gasteiger partial charge in [-0.3, -0.25) is 9.89 Å². The zero-order valence-electron chi connectivity index (χ0n) is 16.6. The standard InChI is InChI=1S/C21H26ClFN4O2/c1-28-18-9-8-14(12-19(18)29-2)26-21(24)25-13-17(27-10-3-4-11-27)20-15(22)6-5-7-16(20)23/h5-9,12,17H,3-4,10-11,13H2,1-2H3,(H3,24,25,26). The lowest BCUT2D eigenvalue weighted by Gasteiger charge is -2.27. The molecule has 0 radical (unpaired) electrons. The first-order valence-corrected chi connectivity index (χ1v) is 9.88. The van der Waals surface area contributed by atoms with E-state index in [1.165, 1.54) is 6.07 Å². The van der Waals surface area contributed by atoms with E-state index in [2.05, 4.69) is 15.2 Å². The number of likely N-dealkylation sites (tertiary alicyclic amines) is 1. The predicted octanol–water partition coefficient (Wildman–Crippen LogP) is 4.06. The van der Waals surface area contributed by atoms with Gasteiger partial charge in [0.1, 0.15) is 5.82 Å². The van der Waals surface area contributed by atoms with Crippen LogP contribution in [-0.4, -0.2) is 44.7 Å². The van der Waals surface area contributed by atoms with Gasteiger partial charge in [-0.15, -0.1) is 0 Å². The second-order valence-electron chi connectivity index (χ2n) is 6.81. The Morgan fingerprint density at radius 1 is 1.21 bits per heavy atom. The smallest absolute Gasteiger partial charge is 0.193 e. The first kappa shape index (κ1) is 21.2. The van der Waals surface area contributed by atoms with Crippen LogP contribution in [0.1, 0.15) is 24.4 Å². The molecule has 3 rings (SSSR count). The lowest BCUT2D eigenvalue weighted by molar-refractivity contribution is 0.246. The minimum Gasteiger partial charge on any atom is -0.493 e. The molecule has 1 unspecified atom stereocenters. The Morgan fingerprint density at radius 2 is 1.93 bits per heavy atom. The molecule has 0 amide bonds. The highest BCUT2D eigenvalue weighted by Gasteiger charge is 2.27. The van der Waals surface area contributed by atoms with E-state index in [0.717, 1.165) is 25.9 Å². The maximum Gasteiger partial charge on any atom is 0.193 e. The van der Waals surface area contributed by atoms with Gasteiger partial charge in [0.15, 0.2) is 17.5 Å². The van der Waals surface area contributed by atoms with Gasteiger partial charge in [0.25, 0.3) is 0 Å². The van der Waals surface area contributed by atoms with Crippen LogP contribution in [0.2, 0.25) is 5.02 Å². The number of aliphatic imine (C=N–C) groups is 1. The fraction of sp³-hybridized carbons (Fsp3) is 0.381. The van der Waals surface area contributed by atoms with E-state index in [-0.39, 0.29) is 17.8 Å². The summed E-state index contributed by atoms with van der Waals surface area (Å²) < 4.78 is 25.1. The predicted molar refractivity (Wildman–Crippen MR) is 115 cm³/mol. The van der Waals surface area contributed by atoms with Crippen molar-refractivity contribution in [1.29, 1.82) is 0 Å². The molecular formula is C21H26ClFN4O2. The van der Waals surface area contributed by atoms with Crippen LogP contribution in [0.5, 0.6) is 11.5 Å². The number of anilines is 1. The van der Waals surface area contributed by atoms with Crippen molar-refractivity contribution in [2.24, 2.45) is 10.7 Å². The second-order valence-corrected chi connectivity index (χ2v) is 7.22. The van der Waals surface area contributed by atoms with Crippen LogP contribution in [0, 0.1) is 5.82 Å².